The highest BCUT2D eigenvalue weighted by Crippen LogP contribution is 2.20. The standard InChI is InChI=1S/C17H15F3N2O2/c1-11(23)22(16-7-6-14(19)10-15(16)20)9-8-21-17(24)12-2-4-13(18)5-3-12/h2-7,10H,8-9H2,1H3,(H,21,24). The molecule has 0 saturated carbocycles. The molecule has 0 atom stereocenters. The van der Waals surface area contributed by atoms with Crippen molar-refractivity contribution in [2.45, 2.75) is 6.92 Å². The van der Waals surface area contributed by atoms with E-state index in [1.54, 1.807) is 0 Å². The van der Waals surface area contributed by atoms with Gasteiger partial charge >= 0.3 is 0 Å². The number of benzene rings is 2. The summed E-state index contributed by atoms with van der Waals surface area (Å²) in [7, 11) is 0. The van der Waals surface area contributed by atoms with Crippen LogP contribution in [0.4, 0.5) is 18.9 Å². The van der Waals surface area contributed by atoms with E-state index >= 15 is 0 Å². The quantitative estimate of drug-likeness (QED) is 0.913. The normalized spacial score (nSPS) is 10.3. The minimum Gasteiger partial charge on any atom is -0.350 e. The largest absolute Gasteiger partial charge is 0.350 e. The second kappa shape index (κ2) is 7.63. The molecular formula is C17H15F3N2O2. The van der Waals surface area contributed by atoms with Gasteiger partial charge in [0.1, 0.15) is 17.5 Å². The maximum absolute atomic E-state index is 13.8. The van der Waals surface area contributed by atoms with Crippen LogP contribution in [0.2, 0.25) is 0 Å². The predicted molar refractivity (Wildman–Crippen MR) is 83.1 cm³/mol. The highest BCUT2D eigenvalue weighted by molar-refractivity contribution is 5.94. The zero-order valence-corrected chi connectivity index (χ0v) is 12.9. The van der Waals surface area contributed by atoms with E-state index < -0.39 is 29.3 Å². The van der Waals surface area contributed by atoms with E-state index in [9.17, 15) is 22.8 Å². The number of carbonyl (C=O) groups is 2. The Balaban J connectivity index is 2.00. The molecule has 1 N–H and O–H groups in total. The lowest BCUT2D eigenvalue weighted by atomic mass is 10.2. The Hall–Kier alpha value is -2.83. The summed E-state index contributed by atoms with van der Waals surface area (Å²) in [5.74, 6) is -2.96. The van der Waals surface area contributed by atoms with Gasteiger partial charge in [0.2, 0.25) is 5.91 Å². The average molecular weight is 336 g/mol. The third kappa shape index (κ3) is 4.34. The molecular weight excluding hydrogens is 321 g/mol. The van der Waals surface area contributed by atoms with Gasteiger partial charge < -0.3 is 10.2 Å². The molecule has 0 aliphatic rings. The van der Waals surface area contributed by atoms with Gasteiger partial charge in [-0.2, -0.15) is 0 Å². The summed E-state index contributed by atoms with van der Waals surface area (Å²) in [6.45, 7) is 1.29. The van der Waals surface area contributed by atoms with Gasteiger partial charge in [0.05, 0.1) is 5.69 Å². The Morgan fingerprint density at radius 1 is 1.00 bits per heavy atom. The molecule has 0 unspecified atom stereocenters. The van der Waals surface area contributed by atoms with E-state index in [1.165, 1.54) is 19.1 Å². The van der Waals surface area contributed by atoms with Crippen LogP contribution in [-0.2, 0) is 4.79 Å². The second-order valence-electron chi connectivity index (χ2n) is 5.03. The number of hydrogen-bond acceptors (Lipinski definition) is 2. The Bertz CT molecular complexity index is 748. The summed E-state index contributed by atoms with van der Waals surface area (Å²) in [5.41, 5.74) is 0.193. The van der Waals surface area contributed by atoms with Crippen LogP contribution in [0.3, 0.4) is 0 Å². The first-order valence-corrected chi connectivity index (χ1v) is 7.15. The van der Waals surface area contributed by atoms with Crippen molar-refractivity contribution in [2.75, 3.05) is 18.0 Å². The third-order valence-electron chi connectivity index (χ3n) is 3.31. The second-order valence-corrected chi connectivity index (χ2v) is 5.03. The number of carbonyl (C=O) groups excluding carboxylic acids is 2. The minimum absolute atomic E-state index is 0.00478. The van der Waals surface area contributed by atoms with Gasteiger partial charge in [-0.15, -0.1) is 0 Å². The van der Waals surface area contributed by atoms with E-state index in [-0.39, 0.29) is 24.3 Å². The lowest BCUT2D eigenvalue weighted by Gasteiger charge is -2.22. The van der Waals surface area contributed by atoms with Crippen molar-refractivity contribution in [3.63, 3.8) is 0 Å². The molecule has 4 nitrogen and oxygen atoms in total. The first-order chi connectivity index (χ1) is 11.4. The van der Waals surface area contributed by atoms with Crippen molar-refractivity contribution in [1.82, 2.24) is 5.32 Å². The number of nitrogens with one attached hydrogen (secondary N) is 1. The fraction of sp³-hybridized carbons (Fsp3) is 0.176. The Kier molecular flexibility index (Phi) is 5.57. The predicted octanol–water partition coefficient (Wildman–Crippen LogP) is 2.89. The molecule has 0 aromatic heterocycles. The molecule has 0 heterocycles. The van der Waals surface area contributed by atoms with Gasteiger partial charge in [0.25, 0.3) is 5.91 Å². The van der Waals surface area contributed by atoms with Crippen LogP contribution < -0.4 is 10.2 Å². The monoisotopic (exact) mass is 336 g/mol. The Labute approximate surface area is 136 Å². The van der Waals surface area contributed by atoms with Crippen LogP contribution in [0.25, 0.3) is 0 Å². The van der Waals surface area contributed by atoms with Crippen LogP contribution >= 0.6 is 0 Å². The van der Waals surface area contributed by atoms with Crippen molar-refractivity contribution in [3.8, 4) is 0 Å². The average Bonchev–Trinajstić information content (AvgIpc) is 2.52. The molecule has 2 amide bonds. The highest BCUT2D eigenvalue weighted by atomic mass is 19.1. The molecule has 0 spiro atoms. The fourth-order valence-electron chi connectivity index (χ4n) is 2.13. The summed E-state index contributed by atoms with van der Waals surface area (Å²) in [5, 5.41) is 2.55. The van der Waals surface area contributed by atoms with Gasteiger partial charge in [-0.3, -0.25) is 9.59 Å². The van der Waals surface area contributed by atoms with Crippen LogP contribution in [0.5, 0.6) is 0 Å². The van der Waals surface area contributed by atoms with Crippen molar-refractivity contribution < 1.29 is 22.8 Å². The number of nitrogens with zero attached hydrogens (tertiary/aromatic N) is 1. The molecule has 2 aromatic carbocycles. The Morgan fingerprint density at radius 3 is 2.21 bits per heavy atom. The fourth-order valence-corrected chi connectivity index (χ4v) is 2.13. The van der Waals surface area contributed by atoms with Crippen LogP contribution in [-0.4, -0.2) is 24.9 Å². The van der Waals surface area contributed by atoms with Crippen LogP contribution in [0.15, 0.2) is 42.5 Å². The lowest BCUT2D eigenvalue weighted by Crippen LogP contribution is -2.38. The summed E-state index contributed by atoms with van der Waals surface area (Å²) in [6.07, 6.45) is 0. The summed E-state index contributed by atoms with van der Waals surface area (Å²) in [4.78, 5) is 24.7. The first-order valence-electron chi connectivity index (χ1n) is 7.15. The number of rotatable bonds is 5. The minimum atomic E-state index is -0.866. The van der Waals surface area contributed by atoms with Crippen molar-refractivity contribution >= 4 is 17.5 Å². The summed E-state index contributed by atoms with van der Waals surface area (Å²) < 4.78 is 39.6. The van der Waals surface area contributed by atoms with E-state index in [0.29, 0.717) is 6.07 Å². The number of hydrogen-bond donors (Lipinski definition) is 1. The number of halogens is 3. The highest BCUT2D eigenvalue weighted by Gasteiger charge is 2.16. The van der Waals surface area contributed by atoms with Crippen molar-refractivity contribution in [1.29, 1.82) is 0 Å². The summed E-state index contributed by atoms with van der Waals surface area (Å²) in [6, 6.07) is 7.86. The molecule has 0 bridgehead atoms. The van der Waals surface area contributed by atoms with Crippen molar-refractivity contribution in [3.05, 3.63) is 65.5 Å². The van der Waals surface area contributed by atoms with Crippen LogP contribution in [0, 0.1) is 17.5 Å². The molecule has 0 saturated heterocycles. The molecule has 0 radical (unpaired) electrons. The maximum atomic E-state index is 13.8. The zero-order chi connectivity index (χ0) is 17.7. The van der Waals surface area contributed by atoms with Gasteiger partial charge in [0.15, 0.2) is 0 Å². The molecule has 24 heavy (non-hydrogen) atoms. The topological polar surface area (TPSA) is 49.4 Å². The molecule has 0 fully saturated rings. The van der Waals surface area contributed by atoms with Crippen LogP contribution in [0.1, 0.15) is 17.3 Å². The molecule has 126 valence electrons. The summed E-state index contributed by atoms with van der Waals surface area (Å²) >= 11 is 0. The van der Waals surface area contributed by atoms with E-state index in [4.69, 9.17) is 0 Å². The first kappa shape index (κ1) is 17.5. The maximum Gasteiger partial charge on any atom is 0.251 e. The van der Waals surface area contributed by atoms with Gasteiger partial charge in [0, 0.05) is 31.6 Å². The van der Waals surface area contributed by atoms with E-state index in [2.05, 4.69) is 5.32 Å². The smallest absolute Gasteiger partial charge is 0.251 e. The lowest BCUT2D eigenvalue weighted by molar-refractivity contribution is -0.116. The third-order valence-corrected chi connectivity index (χ3v) is 3.31. The number of amides is 2. The van der Waals surface area contributed by atoms with Gasteiger partial charge in [-0.25, -0.2) is 13.2 Å². The van der Waals surface area contributed by atoms with E-state index in [1.807, 2.05) is 0 Å². The molecule has 2 aromatic rings. The van der Waals surface area contributed by atoms with Crippen molar-refractivity contribution in [2.24, 2.45) is 0 Å². The molecule has 7 heteroatoms. The molecule has 2 rings (SSSR count). The van der Waals surface area contributed by atoms with Gasteiger partial charge in [-0.1, -0.05) is 0 Å². The zero-order valence-electron chi connectivity index (χ0n) is 12.9. The SMILES string of the molecule is CC(=O)N(CCNC(=O)c1ccc(F)cc1)c1ccc(F)cc1F. The number of anilines is 1. The Morgan fingerprint density at radius 2 is 1.62 bits per heavy atom. The molecule has 0 aliphatic heterocycles. The molecule has 0 aliphatic carbocycles. The van der Waals surface area contributed by atoms with E-state index in [0.717, 1.165) is 29.2 Å². The van der Waals surface area contributed by atoms with Gasteiger partial charge in [-0.05, 0) is 36.4 Å².